The second-order valence-electron chi connectivity index (χ2n) is 7.41. The quantitative estimate of drug-likeness (QED) is 0.625. The van der Waals surface area contributed by atoms with Crippen LogP contribution in [-0.2, 0) is 13.1 Å². The summed E-state index contributed by atoms with van der Waals surface area (Å²) in [6, 6.07) is 5.86. The molecular weight excluding hydrogens is 362 g/mol. The van der Waals surface area contributed by atoms with Crippen LogP contribution in [0.2, 0.25) is 0 Å². The predicted octanol–water partition coefficient (Wildman–Crippen LogP) is 1.18. The summed E-state index contributed by atoms with van der Waals surface area (Å²) in [5, 5.41) is 19.2. The maximum atomic E-state index is 9.58. The first-order valence-electron chi connectivity index (χ1n) is 9.00. The van der Waals surface area contributed by atoms with E-state index in [1.807, 2.05) is 41.6 Å². The van der Waals surface area contributed by atoms with Gasteiger partial charge in [-0.15, -0.1) is 0 Å². The molecule has 0 amide bonds. The van der Waals surface area contributed by atoms with Gasteiger partial charge in [0.15, 0.2) is 28.5 Å². The molecule has 1 aliphatic heterocycles. The molecule has 9 nitrogen and oxygen atoms in total. The van der Waals surface area contributed by atoms with Crippen LogP contribution in [0.5, 0.6) is 11.5 Å². The second kappa shape index (κ2) is 7.25. The molecule has 0 fully saturated rings. The summed E-state index contributed by atoms with van der Waals surface area (Å²) in [5.74, 6) is 2.21. The Morgan fingerprint density at radius 3 is 2.71 bits per heavy atom. The van der Waals surface area contributed by atoms with Gasteiger partial charge >= 0.3 is 0 Å². The molecular formula is C19H23N5O4. The van der Waals surface area contributed by atoms with E-state index in [4.69, 9.17) is 9.47 Å². The van der Waals surface area contributed by atoms with Gasteiger partial charge in [-0.25, -0.2) is 15.0 Å². The van der Waals surface area contributed by atoms with Crippen LogP contribution in [-0.4, -0.2) is 56.8 Å². The van der Waals surface area contributed by atoms with Gasteiger partial charge in [-0.1, -0.05) is 13.0 Å². The molecule has 0 radical (unpaired) electrons. The van der Waals surface area contributed by atoms with Gasteiger partial charge < -0.3 is 29.2 Å². The SMILES string of the molecule is CN(Cc1ccc2c(c1)OCO2)c1ncnc2c1ncn2CC(C)(CO)CO. The fourth-order valence-corrected chi connectivity index (χ4v) is 3.21. The van der Waals surface area contributed by atoms with Crippen LogP contribution in [0.4, 0.5) is 5.82 Å². The number of hydrogen-bond donors (Lipinski definition) is 2. The van der Waals surface area contributed by atoms with Crippen LogP contribution in [0.25, 0.3) is 11.2 Å². The molecule has 2 N–H and O–H groups in total. The Bertz CT molecular complexity index is 986. The van der Waals surface area contributed by atoms with E-state index in [0.29, 0.717) is 30.1 Å². The Morgan fingerprint density at radius 2 is 1.93 bits per heavy atom. The maximum absolute atomic E-state index is 9.58. The van der Waals surface area contributed by atoms with Gasteiger partial charge in [0.25, 0.3) is 0 Å². The van der Waals surface area contributed by atoms with Crippen molar-refractivity contribution in [2.24, 2.45) is 5.41 Å². The zero-order valence-corrected chi connectivity index (χ0v) is 15.9. The van der Waals surface area contributed by atoms with Gasteiger partial charge in [-0.05, 0) is 17.7 Å². The van der Waals surface area contributed by atoms with Crippen LogP contribution < -0.4 is 14.4 Å². The van der Waals surface area contributed by atoms with Crippen molar-refractivity contribution >= 4 is 17.0 Å². The van der Waals surface area contributed by atoms with Crippen molar-refractivity contribution in [1.29, 1.82) is 0 Å². The van der Waals surface area contributed by atoms with Crippen LogP contribution in [0.3, 0.4) is 0 Å². The van der Waals surface area contributed by atoms with Gasteiger partial charge in [0.05, 0.1) is 19.5 Å². The lowest BCUT2D eigenvalue weighted by Gasteiger charge is -2.25. The van der Waals surface area contributed by atoms with E-state index >= 15 is 0 Å². The highest BCUT2D eigenvalue weighted by Crippen LogP contribution is 2.33. The molecule has 1 aliphatic rings. The van der Waals surface area contributed by atoms with E-state index in [1.54, 1.807) is 6.33 Å². The third-order valence-electron chi connectivity index (χ3n) is 4.92. The summed E-state index contributed by atoms with van der Waals surface area (Å²) in [6.07, 6.45) is 3.17. The summed E-state index contributed by atoms with van der Waals surface area (Å²) >= 11 is 0. The Morgan fingerprint density at radius 1 is 1.14 bits per heavy atom. The lowest BCUT2D eigenvalue weighted by molar-refractivity contribution is 0.0562. The number of imidazole rings is 1. The fourth-order valence-electron chi connectivity index (χ4n) is 3.21. The molecule has 0 saturated carbocycles. The van der Waals surface area contributed by atoms with Gasteiger partial charge in [0.1, 0.15) is 6.33 Å². The second-order valence-corrected chi connectivity index (χ2v) is 7.41. The maximum Gasteiger partial charge on any atom is 0.231 e. The molecule has 0 atom stereocenters. The number of hydrogen-bond acceptors (Lipinski definition) is 8. The van der Waals surface area contributed by atoms with Crippen LogP contribution in [0.1, 0.15) is 12.5 Å². The van der Waals surface area contributed by atoms with Crippen LogP contribution >= 0.6 is 0 Å². The predicted molar refractivity (Wildman–Crippen MR) is 102 cm³/mol. The Labute approximate surface area is 162 Å². The first-order valence-corrected chi connectivity index (χ1v) is 9.00. The highest BCUT2D eigenvalue weighted by molar-refractivity contribution is 5.83. The highest BCUT2D eigenvalue weighted by atomic mass is 16.7. The number of anilines is 1. The molecule has 3 aromatic rings. The lowest BCUT2D eigenvalue weighted by Crippen LogP contribution is -2.31. The molecule has 4 rings (SSSR count). The molecule has 1 aromatic carbocycles. The molecule has 0 saturated heterocycles. The monoisotopic (exact) mass is 385 g/mol. The molecule has 148 valence electrons. The number of ether oxygens (including phenoxy) is 2. The standard InChI is InChI=1S/C19H23N5O4/c1-19(8-25,9-26)7-24-11-22-16-17(20-10-21-18(16)24)23(2)6-13-3-4-14-15(5-13)28-12-27-14/h3-5,10-11,25-26H,6-9,12H2,1-2H3. The summed E-state index contributed by atoms with van der Waals surface area (Å²) < 4.78 is 12.6. The normalized spacial score (nSPS) is 13.3. The van der Waals surface area contributed by atoms with Crippen molar-refractivity contribution in [3.63, 3.8) is 0 Å². The molecule has 3 heterocycles. The van der Waals surface area contributed by atoms with E-state index in [1.165, 1.54) is 6.33 Å². The minimum atomic E-state index is -0.656. The molecule has 0 unspecified atom stereocenters. The number of fused-ring (bicyclic) bond motifs is 2. The number of benzene rings is 1. The highest BCUT2D eigenvalue weighted by Gasteiger charge is 2.25. The first-order chi connectivity index (χ1) is 13.5. The molecule has 2 aromatic heterocycles. The third-order valence-corrected chi connectivity index (χ3v) is 4.92. The van der Waals surface area contributed by atoms with Crippen molar-refractivity contribution in [3.8, 4) is 11.5 Å². The average Bonchev–Trinajstić information content (AvgIpc) is 3.34. The minimum absolute atomic E-state index is 0.134. The van der Waals surface area contributed by atoms with Gasteiger partial charge in [-0.3, -0.25) is 0 Å². The topological polar surface area (TPSA) is 106 Å². The third kappa shape index (κ3) is 3.34. The largest absolute Gasteiger partial charge is 0.454 e. The summed E-state index contributed by atoms with van der Waals surface area (Å²) in [5.41, 5.74) is 1.74. The number of aliphatic hydroxyl groups is 2. The van der Waals surface area contributed by atoms with E-state index in [9.17, 15) is 10.2 Å². The summed E-state index contributed by atoms with van der Waals surface area (Å²) in [4.78, 5) is 15.2. The van der Waals surface area contributed by atoms with Crippen molar-refractivity contribution < 1.29 is 19.7 Å². The number of aromatic nitrogens is 4. The molecule has 0 aliphatic carbocycles. The Kier molecular flexibility index (Phi) is 4.78. The number of rotatable bonds is 7. The molecule has 28 heavy (non-hydrogen) atoms. The summed E-state index contributed by atoms with van der Waals surface area (Å²) in [6.45, 7) is 2.81. The van der Waals surface area contributed by atoms with Crippen LogP contribution in [0.15, 0.2) is 30.9 Å². The average molecular weight is 385 g/mol. The molecule has 9 heteroatoms. The van der Waals surface area contributed by atoms with Gasteiger partial charge in [0, 0.05) is 25.6 Å². The minimum Gasteiger partial charge on any atom is -0.454 e. The fraction of sp³-hybridized carbons (Fsp3) is 0.421. The van der Waals surface area contributed by atoms with Crippen molar-refractivity contribution in [2.75, 3.05) is 32.0 Å². The van der Waals surface area contributed by atoms with Crippen LogP contribution in [0, 0.1) is 5.41 Å². The van der Waals surface area contributed by atoms with E-state index < -0.39 is 5.41 Å². The van der Waals surface area contributed by atoms with Crippen molar-refractivity contribution in [3.05, 3.63) is 36.4 Å². The first kappa shape index (κ1) is 18.5. The van der Waals surface area contributed by atoms with Crippen molar-refractivity contribution in [1.82, 2.24) is 19.5 Å². The summed E-state index contributed by atoms with van der Waals surface area (Å²) in [7, 11) is 1.94. The zero-order chi connectivity index (χ0) is 19.7. The zero-order valence-electron chi connectivity index (χ0n) is 15.9. The smallest absolute Gasteiger partial charge is 0.231 e. The lowest BCUT2D eigenvalue weighted by atomic mass is 9.93. The Balaban J connectivity index is 1.60. The van der Waals surface area contributed by atoms with E-state index in [-0.39, 0.29) is 20.0 Å². The molecule has 0 bridgehead atoms. The van der Waals surface area contributed by atoms with Crippen molar-refractivity contribution in [2.45, 2.75) is 20.0 Å². The number of nitrogens with zero attached hydrogens (tertiary/aromatic N) is 5. The Hall–Kier alpha value is -2.91. The molecule has 0 spiro atoms. The van der Waals surface area contributed by atoms with E-state index in [2.05, 4.69) is 15.0 Å². The number of aliphatic hydroxyl groups excluding tert-OH is 2. The van der Waals surface area contributed by atoms with Gasteiger partial charge in [-0.2, -0.15) is 0 Å². The van der Waals surface area contributed by atoms with E-state index in [0.717, 1.165) is 17.1 Å². The van der Waals surface area contributed by atoms with Gasteiger partial charge in [0.2, 0.25) is 6.79 Å².